The van der Waals surface area contributed by atoms with Crippen molar-refractivity contribution in [1.82, 2.24) is 0 Å². The topological polar surface area (TPSA) is 20.2 Å². The maximum absolute atomic E-state index is 9.52. The fraction of sp³-hybridized carbons (Fsp3) is 0.429. The molecule has 0 aromatic heterocycles. The summed E-state index contributed by atoms with van der Waals surface area (Å²) in [5, 5.41) is 9.52. The highest BCUT2D eigenvalue weighted by atomic mass is 16.3. The highest BCUT2D eigenvalue weighted by Crippen LogP contribution is 2.49. The summed E-state index contributed by atoms with van der Waals surface area (Å²) in [6, 6.07) is 8.56. The van der Waals surface area contributed by atoms with Gasteiger partial charge < -0.3 is 5.11 Å². The van der Waals surface area contributed by atoms with E-state index < -0.39 is 0 Å². The van der Waals surface area contributed by atoms with E-state index in [1.54, 1.807) is 0 Å². The first-order chi connectivity index (χ1) is 7.42. The van der Waals surface area contributed by atoms with Gasteiger partial charge >= 0.3 is 0 Å². The van der Waals surface area contributed by atoms with Crippen LogP contribution in [0.5, 0.6) is 0 Å². The summed E-state index contributed by atoms with van der Waals surface area (Å²) in [5.74, 6) is 0.939. The number of rotatable bonds is 1. The van der Waals surface area contributed by atoms with Crippen molar-refractivity contribution >= 4 is 5.57 Å². The Morgan fingerprint density at radius 2 is 2.13 bits per heavy atom. The summed E-state index contributed by atoms with van der Waals surface area (Å²) in [7, 11) is 0. The number of benzene rings is 1. The standard InChI is InChI=1S/C14H16O/c15-9-14-12-7-3-1-5-10(12)11-6-2-4-8-13(11)14/h1,3,5-7,13-15H,2,4,8-9H2. The van der Waals surface area contributed by atoms with Gasteiger partial charge in [-0.2, -0.15) is 0 Å². The smallest absolute Gasteiger partial charge is 0.0505 e. The number of aliphatic hydroxyl groups is 1. The lowest BCUT2D eigenvalue weighted by molar-refractivity contribution is 0.241. The van der Waals surface area contributed by atoms with Gasteiger partial charge in [0.15, 0.2) is 0 Å². The van der Waals surface area contributed by atoms with Crippen LogP contribution in [0, 0.1) is 5.92 Å². The van der Waals surface area contributed by atoms with Crippen LogP contribution in [0.1, 0.15) is 36.3 Å². The second-order valence-electron chi connectivity index (χ2n) is 4.57. The third kappa shape index (κ3) is 1.26. The largest absolute Gasteiger partial charge is 0.396 e. The number of aliphatic hydroxyl groups excluding tert-OH is 1. The summed E-state index contributed by atoms with van der Waals surface area (Å²) in [4.78, 5) is 0. The molecule has 0 amide bonds. The number of fused-ring (bicyclic) bond motifs is 3. The van der Waals surface area contributed by atoms with E-state index in [-0.39, 0.29) is 0 Å². The van der Waals surface area contributed by atoms with E-state index >= 15 is 0 Å². The summed E-state index contributed by atoms with van der Waals surface area (Å²) in [5.41, 5.74) is 4.25. The van der Waals surface area contributed by atoms with Crippen LogP contribution in [-0.2, 0) is 0 Å². The van der Waals surface area contributed by atoms with Crippen molar-refractivity contribution in [1.29, 1.82) is 0 Å². The van der Waals surface area contributed by atoms with Gasteiger partial charge in [0.25, 0.3) is 0 Å². The zero-order valence-corrected chi connectivity index (χ0v) is 8.82. The molecule has 3 rings (SSSR count). The minimum Gasteiger partial charge on any atom is -0.396 e. The first kappa shape index (κ1) is 9.17. The summed E-state index contributed by atoms with van der Waals surface area (Å²) in [6.45, 7) is 0.291. The lowest BCUT2D eigenvalue weighted by atomic mass is 9.83. The first-order valence-corrected chi connectivity index (χ1v) is 5.82. The molecule has 0 bridgehead atoms. The molecule has 15 heavy (non-hydrogen) atoms. The van der Waals surface area contributed by atoms with Gasteiger partial charge in [-0.1, -0.05) is 30.3 Å². The summed E-state index contributed by atoms with van der Waals surface area (Å²) in [6.07, 6.45) is 6.10. The fourth-order valence-corrected chi connectivity index (χ4v) is 3.16. The van der Waals surface area contributed by atoms with Crippen molar-refractivity contribution in [3.63, 3.8) is 0 Å². The second kappa shape index (κ2) is 3.49. The summed E-state index contributed by atoms with van der Waals surface area (Å²) >= 11 is 0. The normalized spacial score (nSPS) is 28.2. The molecule has 2 atom stereocenters. The van der Waals surface area contributed by atoms with E-state index in [4.69, 9.17) is 0 Å². The Labute approximate surface area is 90.4 Å². The van der Waals surface area contributed by atoms with Gasteiger partial charge in [0.2, 0.25) is 0 Å². The van der Waals surface area contributed by atoms with Gasteiger partial charge in [-0.15, -0.1) is 0 Å². The predicted octanol–water partition coefficient (Wildman–Crippen LogP) is 2.96. The van der Waals surface area contributed by atoms with Gasteiger partial charge in [0.05, 0.1) is 6.61 Å². The minimum absolute atomic E-state index is 0.291. The lowest BCUT2D eigenvalue weighted by Gasteiger charge is -2.22. The molecule has 0 saturated heterocycles. The average Bonchev–Trinajstić information content (AvgIpc) is 2.63. The van der Waals surface area contributed by atoms with Gasteiger partial charge in [-0.25, -0.2) is 0 Å². The molecule has 0 spiro atoms. The van der Waals surface area contributed by atoms with E-state index in [1.165, 1.54) is 36.0 Å². The number of hydrogen-bond acceptors (Lipinski definition) is 1. The Morgan fingerprint density at radius 1 is 1.27 bits per heavy atom. The van der Waals surface area contributed by atoms with Crippen LogP contribution in [0.25, 0.3) is 5.57 Å². The SMILES string of the molecule is OCC1c2ccccc2C2=CCCCC21. The molecule has 1 heteroatoms. The van der Waals surface area contributed by atoms with Crippen molar-refractivity contribution in [2.75, 3.05) is 6.61 Å². The summed E-state index contributed by atoms with van der Waals surface area (Å²) < 4.78 is 0. The molecule has 2 unspecified atom stereocenters. The predicted molar refractivity (Wildman–Crippen MR) is 61.6 cm³/mol. The molecule has 2 aliphatic carbocycles. The van der Waals surface area contributed by atoms with Gasteiger partial charge in [0.1, 0.15) is 0 Å². The van der Waals surface area contributed by atoms with Gasteiger partial charge in [-0.3, -0.25) is 0 Å². The van der Waals surface area contributed by atoms with Gasteiger partial charge in [0, 0.05) is 5.92 Å². The molecule has 0 heterocycles. The van der Waals surface area contributed by atoms with Crippen molar-refractivity contribution in [3.8, 4) is 0 Å². The maximum atomic E-state index is 9.52. The Kier molecular flexibility index (Phi) is 2.14. The van der Waals surface area contributed by atoms with E-state index in [1.807, 2.05) is 0 Å². The molecule has 1 aromatic rings. The van der Waals surface area contributed by atoms with Crippen LogP contribution in [-0.4, -0.2) is 11.7 Å². The minimum atomic E-state index is 0.291. The Balaban J connectivity index is 2.15. The molecule has 78 valence electrons. The van der Waals surface area contributed by atoms with E-state index in [0.717, 1.165) is 0 Å². The molecular formula is C14H16O. The third-order valence-electron chi connectivity index (χ3n) is 3.84. The van der Waals surface area contributed by atoms with Crippen LogP contribution in [0.15, 0.2) is 30.3 Å². The van der Waals surface area contributed by atoms with E-state index in [9.17, 15) is 5.11 Å². The number of allylic oxidation sites excluding steroid dienone is 2. The zero-order valence-electron chi connectivity index (χ0n) is 8.82. The quantitative estimate of drug-likeness (QED) is 0.739. The van der Waals surface area contributed by atoms with E-state index in [2.05, 4.69) is 30.3 Å². The monoisotopic (exact) mass is 200 g/mol. The Hall–Kier alpha value is -1.08. The Morgan fingerprint density at radius 3 is 3.00 bits per heavy atom. The molecule has 0 fully saturated rings. The van der Waals surface area contributed by atoms with E-state index in [0.29, 0.717) is 18.4 Å². The molecule has 0 aliphatic heterocycles. The van der Waals surface area contributed by atoms with Crippen molar-refractivity contribution in [2.24, 2.45) is 5.92 Å². The van der Waals surface area contributed by atoms with Crippen LogP contribution in [0.4, 0.5) is 0 Å². The number of hydrogen-bond donors (Lipinski definition) is 1. The maximum Gasteiger partial charge on any atom is 0.0505 e. The van der Waals surface area contributed by atoms with Crippen LogP contribution in [0.2, 0.25) is 0 Å². The first-order valence-electron chi connectivity index (χ1n) is 5.82. The van der Waals surface area contributed by atoms with Crippen LogP contribution >= 0.6 is 0 Å². The third-order valence-corrected chi connectivity index (χ3v) is 3.84. The average molecular weight is 200 g/mol. The molecule has 0 saturated carbocycles. The van der Waals surface area contributed by atoms with Crippen LogP contribution in [0.3, 0.4) is 0 Å². The molecular weight excluding hydrogens is 184 g/mol. The highest BCUT2D eigenvalue weighted by molar-refractivity contribution is 5.76. The lowest BCUT2D eigenvalue weighted by Crippen LogP contribution is -2.13. The highest BCUT2D eigenvalue weighted by Gasteiger charge is 2.36. The van der Waals surface area contributed by atoms with Gasteiger partial charge in [-0.05, 0) is 41.9 Å². The van der Waals surface area contributed by atoms with Crippen molar-refractivity contribution < 1.29 is 5.11 Å². The van der Waals surface area contributed by atoms with Crippen molar-refractivity contribution in [2.45, 2.75) is 25.2 Å². The molecule has 2 aliphatic rings. The fourth-order valence-electron chi connectivity index (χ4n) is 3.16. The second-order valence-corrected chi connectivity index (χ2v) is 4.57. The molecule has 1 N–H and O–H groups in total. The zero-order chi connectivity index (χ0) is 10.3. The molecule has 0 radical (unpaired) electrons. The molecule has 1 nitrogen and oxygen atoms in total. The van der Waals surface area contributed by atoms with Crippen molar-refractivity contribution in [3.05, 3.63) is 41.5 Å². The Bertz CT molecular complexity index is 406. The van der Waals surface area contributed by atoms with Crippen LogP contribution < -0.4 is 0 Å². The molecule has 1 aromatic carbocycles.